The third-order valence-corrected chi connectivity index (χ3v) is 1.57. The minimum atomic E-state index is -0.481. The molecule has 0 aromatic rings. The van der Waals surface area contributed by atoms with Crippen molar-refractivity contribution in [2.75, 3.05) is 24.2 Å². The first-order chi connectivity index (χ1) is 6.20. The van der Waals surface area contributed by atoms with Gasteiger partial charge in [0.05, 0.1) is 13.2 Å². The Morgan fingerprint density at radius 3 is 2.62 bits per heavy atom. The van der Waals surface area contributed by atoms with Crippen molar-refractivity contribution in [3.05, 3.63) is 0 Å². The van der Waals surface area contributed by atoms with Gasteiger partial charge in [-0.15, -0.1) is 0 Å². The zero-order valence-corrected chi connectivity index (χ0v) is 9.70. The van der Waals surface area contributed by atoms with Gasteiger partial charge in [0.15, 0.2) is 5.78 Å². The topological polar surface area (TPSA) is 52.6 Å². The summed E-state index contributed by atoms with van der Waals surface area (Å²) in [5.74, 6) is -0.714. The van der Waals surface area contributed by atoms with Crippen molar-refractivity contribution in [2.45, 2.75) is 13.3 Å². The molecule has 0 N–H and O–H groups in total. The summed E-state index contributed by atoms with van der Waals surface area (Å²) in [7, 11) is 0. The van der Waals surface area contributed by atoms with Gasteiger partial charge in [-0.25, -0.2) is 0 Å². The molecule has 0 saturated heterocycles. The lowest BCUT2D eigenvalue weighted by atomic mass is 10.3. The summed E-state index contributed by atoms with van der Waals surface area (Å²) in [5, 5.41) is 0. The number of esters is 1. The van der Waals surface area contributed by atoms with Crippen molar-refractivity contribution in [2.24, 2.45) is 0 Å². The zero-order valence-electron chi connectivity index (χ0n) is 7.55. The second kappa shape index (κ2) is 8.43. The summed E-state index contributed by atoms with van der Waals surface area (Å²) in [4.78, 5) is 21.8. The predicted molar refractivity (Wildman–Crippen MR) is 56.0 cm³/mol. The number of ketones is 1. The summed E-state index contributed by atoms with van der Waals surface area (Å²) in [5.41, 5.74) is 0. The normalized spacial score (nSPS) is 9.69. The van der Waals surface area contributed by atoms with Crippen LogP contribution in [0.25, 0.3) is 0 Å². The van der Waals surface area contributed by atoms with E-state index in [1.54, 1.807) is 6.92 Å². The number of alkyl halides is 1. The first kappa shape index (κ1) is 12.8. The van der Waals surface area contributed by atoms with Gasteiger partial charge in [0.2, 0.25) is 0 Å². The maximum atomic E-state index is 11.0. The quantitative estimate of drug-likeness (QED) is 0.231. The molecule has 0 amide bonds. The SMILES string of the molecule is CCOC(=O)CC(=O)COCCI. The Labute approximate surface area is 91.1 Å². The van der Waals surface area contributed by atoms with Crippen LogP contribution in [0.1, 0.15) is 13.3 Å². The molecule has 0 aliphatic heterocycles. The second-order valence-electron chi connectivity index (χ2n) is 2.26. The minimum Gasteiger partial charge on any atom is -0.466 e. The Balaban J connectivity index is 3.44. The highest BCUT2D eigenvalue weighted by atomic mass is 127. The van der Waals surface area contributed by atoms with E-state index in [-0.39, 0.29) is 18.8 Å². The summed E-state index contributed by atoms with van der Waals surface area (Å²) in [6.07, 6.45) is -0.185. The van der Waals surface area contributed by atoms with E-state index in [1.807, 2.05) is 0 Å². The molecule has 0 aliphatic carbocycles. The van der Waals surface area contributed by atoms with E-state index in [2.05, 4.69) is 27.3 Å². The molecule has 0 aromatic carbocycles. The van der Waals surface area contributed by atoms with Crippen LogP contribution in [0, 0.1) is 0 Å². The lowest BCUT2D eigenvalue weighted by molar-refractivity contribution is -0.146. The van der Waals surface area contributed by atoms with Crippen molar-refractivity contribution in [3.8, 4) is 0 Å². The van der Waals surface area contributed by atoms with E-state index >= 15 is 0 Å². The third-order valence-electron chi connectivity index (χ3n) is 1.13. The Hall–Kier alpha value is -0.170. The summed E-state index contributed by atoms with van der Waals surface area (Å²) in [6, 6.07) is 0. The number of carbonyl (C=O) groups excluding carboxylic acids is 2. The zero-order chi connectivity index (χ0) is 10.1. The number of carbonyl (C=O) groups is 2. The van der Waals surface area contributed by atoms with E-state index < -0.39 is 5.97 Å². The van der Waals surface area contributed by atoms with Crippen LogP contribution in [-0.4, -0.2) is 36.0 Å². The fourth-order valence-corrected chi connectivity index (χ4v) is 0.976. The summed E-state index contributed by atoms with van der Waals surface area (Å²) >= 11 is 2.15. The average Bonchev–Trinajstić information content (AvgIpc) is 2.05. The van der Waals surface area contributed by atoms with Gasteiger partial charge < -0.3 is 9.47 Å². The van der Waals surface area contributed by atoms with Crippen LogP contribution in [-0.2, 0) is 19.1 Å². The van der Waals surface area contributed by atoms with E-state index in [9.17, 15) is 9.59 Å². The number of ether oxygens (including phenoxy) is 2. The van der Waals surface area contributed by atoms with Gasteiger partial charge in [-0.2, -0.15) is 0 Å². The molecule has 13 heavy (non-hydrogen) atoms. The number of hydrogen-bond donors (Lipinski definition) is 0. The molecule has 0 fully saturated rings. The van der Waals surface area contributed by atoms with Gasteiger partial charge in [-0.1, -0.05) is 22.6 Å². The van der Waals surface area contributed by atoms with E-state index in [0.717, 1.165) is 4.43 Å². The largest absolute Gasteiger partial charge is 0.466 e. The monoisotopic (exact) mass is 300 g/mol. The molecule has 0 aromatic heterocycles. The summed E-state index contributed by atoms with van der Waals surface area (Å²) in [6.45, 7) is 2.55. The highest BCUT2D eigenvalue weighted by Gasteiger charge is 2.09. The molecular weight excluding hydrogens is 287 g/mol. The van der Waals surface area contributed by atoms with Crippen molar-refractivity contribution in [1.29, 1.82) is 0 Å². The van der Waals surface area contributed by atoms with Gasteiger partial charge in [0.25, 0.3) is 0 Å². The highest BCUT2D eigenvalue weighted by Crippen LogP contribution is 1.91. The molecule has 0 rings (SSSR count). The fourth-order valence-electron chi connectivity index (χ4n) is 0.665. The third kappa shape index (κ3) is 8.17. The van der Waals surface area contributed by atoms with Gasteiger partial charge in [0.1, 0.15) is 13.0 Å². The Kier molecular flexibility index (Phi) is 8.32. The molecule has 5 heteroatoms. The van der Waals surface area contributed by atoms with Crippen LogP contribution in [0.2, 0.25) is 0 Å². The molecule has 0 atom stereocenters. The lowest BCUT2D eigenvalue weighted by Gasteiger charge is -2.01. The van der Waals surface area contributed by atoms with Crippen LogP contribution in [0.5, 0.6) is 0 Å². The molecule has 0 unspecified atom stereocenters. The maximum Gasteiger partial charge on any atom is 0.313 e. The molecule has 0 spiro atoms. The molecule has 0 heterocycles. The molecule has 0 aliphatic rings. The van der Waals surface area contributed by atoms with Crippen molar-refractivity contribution < 1.29 is 19.1 Å². The highest BCUT2D eigenvalue weighted by molar-refractivity contribution is 14.1. The molecular formula is C8H13IO4. The second-order valence-corrected chi connectivity index (χ2v) is 3.34. The van der Waals surface area contributed by atoms with Gasteiger partial charge in [-0.05, 0) is 6.92 Å². The van der Waals surface area contributed by atoms with Crippen molar-refractivity contribution in [3.63, 3.8) is 0 Å². The molecule has 0 saturated carbocycles. The van der Waals surface area contributed by atoms with E-state index in [4.69, 9.17) is 4.74 Å². The lowest BCUT2D eigenvalue weighted by Crippen LogP contribution is -2.16. The average molecular weight is 300 g/mol. The number of rotatable bonds is 7. The summed E-state index contributed by atoms with van der Waals surface area (Å²) < 4.78 is 10.4. The van der Waals surface area contributed by atoms with Crippen LogP contribution < -0.4 is 0 Å². The van der Waals surface area contributed by atoms with Crippen LogP contribution in [0.15, 0.2) is 0 Å². The van der Waals surface area contributed by atoms with Crippen molar-refractivity contribution >= 4 is 34.3 Å². The number of hydrogen-bond acceptors (Lipinski definition) is 4. The molecule has 76 valence electrons. The van der Waals surface area contributed by atoms with Gasteiger partial charge in [-0.3, -0.25) is 9.59 Å². The van der Waals surface area contributed by atoms with Gasteiger partial charge in [0, 0.05) is 4.43 Å². The van der Waals surface area contributed by atoms with Crippen LogP contribution in [0.4, 0.5) is 0 Å². The minimum absolute atomic E-state index is 0.00180. The fraction of sp³-hybridized carbons (Fsp3) is 0.750. The Morgan fingerprint density at radius 1 is 1.38 bits per heavy atom. The standard InChI is InChI=1S/C8H13IO4/c1-2-13-8(11)5-7(10)6-12-4-3-9/h2-6H2,1H3. The van der Waals surface area contributed by atoms with Crippen molar-refractivity contribution in [1.82, 2.24) is 0 Å². The molecule has 0 radical (unpaired) electrons. The first-order valence-corrected chi connectivity index (χ1v) is 5.54. The van der Waals surface area contributed by atoms with E-state index in [1.165, 1.54) is 0 Å². The first-order valence-electron chi connectivity index (χ1n) is 4.01. The molecule has 0 bridgehead atoms. The van der Waals surface area contributed by atoms with E-state index in [0.29, 0.717) is 13.2 Å². The van der Waals surface area contributed by atoms with Crippen LogP contribution in [0.3, 0.4) is 0 Å². The Morgan fingerprint density at radius 2 is 2.08 bits per heavy atom. The smallest absolute Gasteiger partial charge is 0.313 e. The predicted octanol–water partition coefficient (Wildman–Crippen LogP) is 0.960. The van der Waals surface area contributed by atoms with Gasteiger partial charge >= 0.3 is 5.97 Å². The number of Topliss-reactive ketones (excluding diaryl/α,β-unsaturated/α-hetero) is 1. The Bertz CT molecular complexity index is 170. The number of halogens is 1. The molecule has 4 nitrogen and oxygen atoms in total. The van der Waals surface area contributed by atoms with Crippen LogP contribution >= 0.6 is 22.6 Å². The maximum absolute atomic E-state index is 11.0.